The second-order valence-corrected chi connectivity index (χ2v) is 5.59. The van der Waals surface area contributed by atoms with Crippen LogP contribution in [0, 0.1) is 0 Å². The van der Waals surface area contributed by atoms with E-state index in [4.69, 9.17) is 4.74 Å². The lowest BCUT2D eigenvalue weighted by Gasteiger charge is -2.18. The number of nitrogens with zero attached hydrogens (tertiary/aromatic N) is 1. The van der Waals surface area contributed by atoms with Gasteiger partial charge >= 0.3 is 0 Å². The van der Waals surface area contributed by atoms with Gasteiger partial charge < -0.3 is 10.1 Å². The van der Waals surface area contributed by atoms with Crippen molar-refractivity contribution in [1.29, 1.82) is 0 Å². The zero-order chi connectivity index (χ0) is 12.9. The van der Waals surface area contributed by atoms with Crippen LogP contribution in [0.25, 0.3) is 0 Å². The van der Waals surface area contributed by atoms with E-state index >= 15 is 0 Å². The number of hydrogen-bond acceptors (Lipinski definition) is 3. The monoisotopic (exact) mass is 236 g/mol. The SMILES string of the molecule is CC(C)NCCOc1ccc(C(C)(C)C)cn1. The fourth-order valence-corrected chi connectivity index (χ4v) is 1.41. The molecule has 0 radical (unpaired) electrons. The standard InChI is InChI=1S/C14H24N2O/c1-11(2)15-8-9-17-13-7-6-12(10-16-13)14(3,4)5/h6-7,10-11,15H,8-9H2,1-5H3. The van der Waals surface area contributed by atoms with Crippen molar-refractivity contribution < 1.29 is 4.74 Å². The second kappa shape index (κ2) is 6.01. The van der Waals surface area contributed by atoms with Crippen molar-refractivity contribution in [2.24, 2.45) is 0 Å². The van der Waals surface area contributed by atoms with Gasteiger partial charge in [0, 0.05) is 24.8 Å². The first kappa shape index (κ1) is 14.0. The van der Waals surface area contributed by atoms with Crippen LogP contribution in [0.15, 0.2) is 18.3 Å². The van der Waals surface area contributed by atoms with Crippen molar-refractivity contribution in [2.45, 2.75) is 46.1 Å². The van der Waals surface area contributed by atoms with E-state index in [0.717, 1.165) is 6.54 Å². The molecule has 3 heteroatoms. The quantitative estimate of drug-likeness (QED) is 0.798. The van der Waals surface area contributed by atoms with Gasteiger partial charge in [-0.3, -0.25) is 0 Å². The third-order valence-electron chi connectivity index (χ3n) is 2.51. The number of nitrogens with one attached hydrogen (secondary N) is 1. The molecule has 0 aromatic carbocycles. The van der Waals surface area contributed by atoms with E-state index in [2.05, 4.69) is 51.0 Å². The third kappa shape index (κ3) is 5.18. The van der Waals surface area contributed by atoms with Crippen molar-refractivity contribution in [3.63, 3.8) is 0 Å². The average Bonchev–Trinajstić information content (AvgIpc) is 2.23. The lowest BCUT2D eigenvalue weighted by atomic mass is 9.88. The van der Waals surface area contributed by atoms with E-state index in [1.54, 1.807) is 0 Å². The highest BCUT2D eigenvalue weighted by Gasteiger charge is 2.13. The molecule has 0 atom stereocenters. The Morgan fingerprint density at radius 2 is 2.00 bits per heavy atom. The lowest BCUT2D eigenvalue weighted by molar-refractivity contribution is 0.297. The molecule has 0 saturated heterocycles. The minimum absolute atomic E-state index is 0.144. The van der Waals surface area contributed by atoms with Gasteiger partial charge in [-0.15, -0.1) is 0 Å². The van der Waals surface area contributed by atoms with Gasteiger partial charge in [0.05, 0.1) is 0 Å². The Labute approximate surface area is 105 Å². The molecule has 0 saturated carbocycles. The summed E-state index contributed by atoms with van der Waals surface area (Å²) in [5.74, 6) is 0.698. The maximum Gasteiger partial charge on any atom is 0.213 e. The van der Waals surface area contributed by atoms with Gasteiger partial charge in [-0.05, 0) is 11.0 Å². The van der Waals surface area contributed by atoms with Gasteiger partial charge in [0.1, 0.15) is 6.61 Å². The minimum atomic E-state index is 0.144. The van der Waals surface area contributed by atoms with E-state index in [1.165, 1.54) is 5.56 Å². The van der Waals surface area contributed by atoms with Crippen molar-refractivity contribution in [3.8, 4) is 5.88 Å². The number of ether oxygens (including phenoxy) is 1. The number of rotatable bonds is 5. The summed E-state index contributed by atoms with van der Waals surface area (Å²) in [6, 6.07) is 4.52. The van der Waals surface area contributed by atoms with Crippen LogP contribution < -0.4 is 10.1 Å². The molecule has 0 aliphatic heterocycles. The summed E-state index contributed by atoms with van der Waals surface area (Å²) in [6.07, 6.45) is 1.89. The summed E-state index contributed by atoms with van der Waals surface area (Å²) in [5, 5.41) is 3.30. The Balaban J connectivity index is 2.41. The molecule has 3 nitrogen and oxygen atoms in total. The normalized spacial score (nSPS) is 11.9. The van der Waals surface area contributed by atoms with Crippen LogP contribution in [0.1, 0.15) is 40.2 Å². The average molecular weight is 236 g/mol. The fraction of sp³-hybridized carbons (Fsp3) is 0.643. The summed E-state index contributed by atoms with van der Waals surface area (Å²) in [7, 11) is 0. The maximum absolute atomic E-state index is 5.55. The highest BCUT2D eigenvalue weighted by Crippen LogP contribution is 2.22. The molecule has 17 heavy (non-hydrogen) atoms. The number of hydrogen-bond donors (Lipinski definition) is 1. The Bertz CT molecular complexity index is 325. The predicted octanol–water partition coefficient (Wildman–Crippen LogP) is 2.76. The molecule has 1 aromatic rings. The molecule has 0 unspecified atom stereocenters. The van der Waals surface area contributed by atoms with Gasteiger partial charge in [0.15, 0.2) is 0 Å². The Morgan fingerprint density at radius 3 is 2.47 bits per heavy atom. The van der Waals surface area contributed by atoms with Crippen molar-refractivity contribution in [3.05, 3.63) is 23.9 Å². The van der Waals surface area contributed by atoms with E-state index in [0.29, 0.717) is 18.5 Å². The molecule has 0 aliphatic carbocycles. The molecule has 0 bridgehead atoms. The number of aromatic nitrogens is 1. The van der Waals surface area contributed by atoms with Crippen LogP contribution in [-0.2, 0) is 5.41 Å². The van der Waals surface area contributed by atoms with Crippen LogP contribution in [0.3, 0.4) is 0 Å². The van der Waals surface area contributed by atoms with Crippen LogP contribution in [0.5, 0.6) is 5.88 Å². The molecule has 1 heterocycles. The van der Waals surface area contributed by atoms with Crippen molar-refractivity contribution in [1.82, 2.24) is 10.3 Å². The molecular weight excluding hydrogens is 212 g/mol. The molecule has 1 N–H and O–H groups in total. The highest BCUT2D eigenvalue weighted by atomic mass is 16.5. The Hall–Kier alpha value is -1.09. The summed E-state index contributed by atoms with van der Waals surface area (Å²) in [4.78, 5) is 4.31. The van der Waals surface area contributed by atoms with Crippen molar-refractivity contribution in [2.75, 3.05) is 13.2 Å². The first-order valence-electron chi connectivity index (χ1n) is 6.22. The Kier molecular flexibility index (Phi) is 4.94. The highest BCUT2D eigenvalue weighted by molar-refractivity contribution is 5.23. The fourth-order valence-electron chi connectivity index (χ4n) is 1.41. The van der Waals surface area contributed by atoms with Gasteiger partial charge in [-0.2, -0.15) is 0 Å². The Morgan fingerprint density at radius 1 is 1.29 bits per heavy atom. The predicted molar refractivity (Wildman–Crippen MR) is 71.6 cm³/mol. The van der Waals surface area contributed by atoms with Crippen LogP contribution in [0.2, 0.25) is 0 Å². The number of pyridine rings is 1. The zero-order valence-electron chi connectivity index (χ0n) is 11.6. The van der Waals surface area contributed by atoms with Crippen LogP contribution in [-0.4, -0.2) is 24.2 Å². The van der Waals surface area contributed by atoms with Gasteiger partial charge in [-0.1, -0.05) is 40.7 Å². The topological polar surface area (TPSA) is 34.1 Å². The van der Waals surface area contributed by atoms with E-state index in [1.807, 2.05) is 12.3 Å². The molecule has 0 spiro atoms. The van der Waals surface area contributed by atoms with Crippen LogP contribution in [0.4, 0.5) is 0 Å². The molecule has 96 valence electrons. The summed E-state index contributed by atoms with van der Waals surface area (Å²) >= 11 is 0. The summed E-state index contributed by atoms with van der Waals surface area (Å²) in [6.45, 7) is 12.3. The summed E-state index contributed by atoms with van der Waals surface area (Å²) < 4.78 is 5.55. The molecular formula is C14H24N2O. The second-order valence-electron chi connectivity index (χ2n) is 5.59. The molecule has 1 rings (SSSR count). The van der Waals surface area contributed by atoms with Gasteiger partial charge in [-0.25, -0.2) is 4.98 Å². The molecule has 0 amide bonds. The third-order valence-corrected chi connectivity index (χ3v) is 2.51. The molecule has 0 aliphatic rings. The van der Waals surface area contributed by atoms with E-state index in [9.17, 15) is 0 Å². The van der Waals surface area contributed by atoms with E-state index in [-0.39, 0.29) is 5.41 Å². The summed E-state index contributed by atoms with van der Waals surface area (Å²) in [5.41, 5.74) is 1.37. The minimum Gasteiger partial charge on any atom is -0.476 e. The van der Waals surface area contributed by atoms with E-state index < -0.39 is 0 Å². The zero-order valence-corrected chi connectivity index (χ0v) is 11.6. The first-order valence-corrected chi connectivity index (χ1v) is 6.22. The lowest BCUT2D eigenvalue weighted by Crippen LogP contribution is -2.27. The molecule has 1 aromatic heterocycles. The first-order chi connectivity index (χ1) is 7.89. The van der Waals surface area contributed by atoms with Crippen molar-refractivity contribution >= 4 is 0 Å². The smallest absolute Gasteiger partial charge is 0.213 e. The maximum atomic E-state index is 5.55. The van der Waals surface area contributed by atoms with Gasteiger partial charge in [0.25, 0.3) is 0 Å². The van der Waals surface area contributed by atoms with Crippen LogP contribution >= 0.6 is 0 Å². The largest absolute Gasteiger partial charge is 0.476 e. The molecule has 0 fully saturated rings. The van der Waals surface area contributed by atoms with Gasteiger partial charge in [0.2, 0.25) is 5.88 Å².